The molecule has 6 rings (SSSR count). The Morgan fingerprint density at radius 1 is 1.05 bits per heavy atom. The first-order valence-corrected chi connectivity index (χ1v) is 12.3. The van der Waals surface area contributed by atoms with Crippen LogP contribution in [0.1, 0.15) is 16.9 Å². The molecule has 2 aromatic heterocycles. The molecule has 202 valence electrons. The van der Waals surface area contributed by atoms with Gasteiger partial charge in [0, 0.05) is 17.4 Å². The zero-order valence-corrected chi connectivity index (χ0v) is 20.8. The fourth-order valence-electron chi connectivity index (χ4n) is 4.97. The molecule has 0 saturated carbocycles. The topological polar surface area (TPSA) is 149 Å². The van der Waals surface area contributed by atoms with E-state index in [0.29, 0.717) is 27.5 Å². The van der Waals surface area contributed by atoms with Crippen LogP contribution >= 0.6 is 0 Å². The minimum absolute atomic E-state index is 0.00296. The van der Waals surface area contributed by atoms with Gasteiger partial charge in [-0.1, -0.05) is 36.4 Å². The molecule has 3 amide bonds. The Hall–Kier alpha value is -5.20. The van der Waals surface area contributed by atoms with Crippen LogP contribution in [0.4, 0.5) is 14.5 Å². The third-order valence-electron chi connectivity index (χ3n) is 6.87. The smallest absolute Gasteiger partial charge is 0.269 e. The summed E-state index contributed by atoms with van der Waals surface area (Å²) in [5.41, 5.74) is 7.41. The summed E-state index contributed by atoms with van der Waals surface area (Å²) in [6.07, 6.45) is -1.70. The Kier molecular flexibility index (Phi) is 6.17. The van der Waals surface area contributed by atoms with Gasteiger partial charge in [0.25, 0.3) is 5.91 Å². The molecule has 1 aliphatic rings. The summed E-state index contributed by atoms with van der Waals surface area (Å²) in [6, 6.07) is 14.9. The van der Waals surface area contributed by atoms with Crippen LogP contribution in [0, 0.1) is 5.82 Å². The molecule has 1 saturated heterocycles. The van der Waals surface area contributed by atoms with Crippen LogP contribution in [0.25, 0.3) is 33.1 Å². The van der Waals surface area contributed by atoms with Crippen LogP contribution in [-0.2, 0) is 16.1 Å². The van der Waals surface area contributed by atoms with Crippen LogP contribution in [0.2, 0.25) is 0 Å². The van der Waals surface area contributed by atoms with E-state index >= 15 is 4.39 Å². The van der Waals surface area contributed by atoms with Crippen LogP contribution in [0.5, 0.6) is 0 Å². The van der Waals surface area contributed by atoms with E-state index in [-0.39, 0.29) is 36.5 Å². The van der Waals surface area contributed by atoms with Crippen molar-refractivity contribution in [1.29, 1.82) is 0 Å². The van der Waals surface area contributed by atoms with Gasteiger partial charge < -0.3 is 16.0 Å². The molecule has 0 aliphatic carbocycles. The SMILES string of the molecule is NC(=O)c1nn(CC(=O)N2C[C@H](F)C[C@H]2C(=O)Nc2cccc(-c3ccc4nonc4c3)c2F)c2ccccc12. The number of carbonyl (C=O) groups is 3. The highest BCUT2D eigenvalue weighted by atomic mass is 19.1. The third-order valence-corrected chi connectivity index (χ3v) is 6.87. The number of halogens is 2. The van der Waals surface area contributed by atoms with Crippen molar-refractivity contribution in [2.75, 3.05) is 11.9 Å². The fraction of sp³-hybridized carbons (Fsp3) is 0.185. The number of carbonyl (C=O) groups excluding carboxylic acids is 3. The highest BCUT2D eigenvalue weighted by Crippen LogP contribution is 2.30. The van der Waals surface area contributed by atoms with Crippen molar-refractivity contribution in [2.45, 2.75) is 25.2 Å². The molecule has 2 atom stereocenters. The summed E-state index contributed by atoms with van der Waals surface area (Å²) in [6.45, 7) is -0.666. The normalized spacial score (nSPS) is 17.0. The highest BCUT2D eigenvalue weighted by molar-refractivity contribution is 6.04. The van der Waals surface area contributed by atoms with Gasteiger partial charge in [-0.3, -0.25) is 19.1 Å². The van der Waals surface area contributed by atoms with Gasteiger partial charge in [-0.25, -0.2) is 13.4 Å². The maximum Gasteiger partial charge on any atom is 0.269 e. The minimum Gasteiger partial charge on any atom is -0.364 e. The van der Waals surface area contributed by atoms with Crippen molar-refractivity contribution in [3.63, 3.8) is 0 Å². The number of nitrogens with zero attached hydrogens (tertiary/aromatic N) is 5. The second kappa shape index (κ2) is 9.84. The lowest BCUT2D eigenvalue weighted by Crippen LogP contribution is -2.44. The van der Waals surface area contributed by atoms with Crippen molar-refractivity contribution in [2.24, 2.45) is 5.73 Å². The van der Waals surface area contributed by atoms with Gasteiger partial charge in [-0.15, -0.1) is 0 Å². The quantitative estimate of drug-likeness (QED) is 0.333. The van der Waals surface area contributed by atoms with Crippen LogP contribution < -0.4 is 11.1 Å². The van der Waals surface area contributed by atoms with E-state index < -0.39 is 35.8 Å². The molecule has 3 aromatic carbocycles. The average molecular weight is 546 g/mol. The Balaban J connectivity index is 1.23. The van der Waals surface area contributed by atoms with Crippen molar-refractivity contribution in [3.05, 3.63) is 72.2 Å². The first-order valence-electron chi connectivity index (χ1n) is 12.3. The number of nitrogens with two attached hydrogens (primary N) is 1. The van der Waals surface area contributed by atoms with E-state index in [0.717, 1.165) is 4.90 Å². The molecule has 0 spiro atoms. The molecule has 0 unspecified atom stereocenters. The van der Waals surface area contributed by atoms with E-state index in [9.17, 15) is 18.8 Å². The average Bonchev–Trinajstić information content (AvgIpc) is 3.66. The summed E-state index contributed by atoms with van der Waals surface area (Å²) in [5.74, 6) is -2.79. The second-order valence-corrected chi connectivity index (χ2v) is 9.41. The molecule has 1 fully saturated rings. The molecule has 5 aromatic rings. The zero-order valence-electron chi connectivity index (χ0n) is 20.8. The van der Waals surface area contributed by atoms with Crippen molar-refractivity contribution in [3.8, 4) is 11.1 Å². The summed E-state index contributed by atoms with van der Waals surface area (Å²) in [5, 5.41) is 14.6. The monoisotopic (exact) mass is 545 g/mol. The zero-order chi connectivity index (χ0) is 28.0. The fourth-order valence-corrected chi connectivity index (χ4v) is 4.97. The molecule has 11 nitrogen and oxygen atoms in total. The summed E-state index contributed by atoms with van der Waals surface area (Å²) in [4.78, 5) is 39.4. The van der Waals surface area contributed by atoms with Crippen LogP contribution in [0.15, 0.2) is 65.3 Å². The molecule has 40 heavy (non-hydrogen) atoms. The molecule has 0 bridgehead atoms. The number of anilines is 1. The Morgan fingerprint density at radius 2 is 1.85 bits per heavy atom. The lowest BCUT2D eigenvalue weighted by molar-refractivity contribution is -0.137. The molecular weight excluding hydrogens is 524 g/mol. The Morgan fingerprint density at radius 3 is 2.67 bits per heavy atom. The predicted octanol–water partition coefficient (Wildman–Crippen LogP) is 3.06. The Labute approximate surface area is 224 Å². The number of aromatic nitrogens is 4. The van der Waals surface area contributed by atoms with Crippen molar-refractivity contribution < 1.29 is 27.8 Å². The van der Waals surface area contributed by atoms with Gasteiger partial charge in [0.05, 0.1) is 17.7 Å². The van der Waals surface area contributed by atoms with Crippen molar-refractivity contribution in [1.82, 2.24) is 25.0 Å². The second-order valence-electron chi connectivity index (χ2n) is 9.41. The van der Waals surface area contributed by atoms with Gasteiger partial charge in [0.1, 0.15) is 29.8 Å². The number of amides is 3. The summed E-state index contributed by atoms with van der Waals surface area (Å²) < 4.78 is 36.0. The maximum atomic E-state index is 15.5. The van der Waals surface area contributed by atoms with Crippen molar-refractivity contribution >= 4 is 45.3 Å². The number of nitrogens with one attached hydrogen (secondary N) is 1. The van der Waals surface area contributed by atoms with Gasteiger partial charge in [-0.05, 0) is 40.1 Å². The third kappa shape index (κ3) is 4.40. The van der Waals surface area contributed by atoms with Crippen LogP contribution in [0.3, 0.4) is 0 Å². The number of rotatable bonds is 6. The van der Waals surface area contributed by atoms with Gasteiger partial charge in [0.15, 0.2) is 11.5 Å². The standard InChI is InChI=1S/C27H21F2N7O4/c28-15-11-22(35(12-15)23(37)13-36-21-7-2-1-4-17(21)25(32-36)26(30)38)27(39)31-19-6-3-5-16(24(19)29)14-8-9-18-20(10-14)34-40-33-18/h1-10,15,22H,11-13H2,(H2,30,38)(H,31,39)/t15-,22+/m1/s1. The number of fused-ring (bicyclic) bond motifs is 2. The number of likely N-dealkylation sites (tertiary alicyclic amines) is 1. The lowest BCUT2D eigenvalue weighted by Gasteiger charge is -2.24. The Bertz CT molecular complexity index is 1800. The molecule has 3 heterocycles. The van der Waals surface area contributed by atoms with Crippen LogP contribution in [-0.4, -0.2) is 61.5 Å². The predicted molar refractivity (Wildman–Crippen MR) is 139 cm³/mol. The lowest BCUT2D eigenvalue weighted by atomic mass is 10.0. The number of benzene rings is 3. The number of hydrogen-bond acceptors (Lipinski definition) is 7. The molecule has 13 heteroatoms. The number of para-hydroxylation sites is 1. The van der Waals surface area contributed by atoms with Gasteiger partial charge in [-0.2, -0.15) is 5.10 Å². The van der Waals surface area contributed by atoms with Gasteiger partial charge >= 0.3 is 0 Å². The molecule has 3 N–H and O–H groups in total. The number of hydrogen-bond donors (Lipinski definition) is 2. The first-order chi connectivity index (χ1) is 19.3. The maximum absolute atomic E-state index is 15.5. The van der Waals surface area contributed by atoms with Gasteiger partial charge in [0.2, 0.25) is 11.8 Å². The molecular formula is C27H21F2N7O4. The molecule has 0 radical (unpaired) electrons. The van der Waals surface area contributed by atoms with E-state index in [4.69, 9.17) is 5.73 Å². The van der Waals surface area contributed by atoms with E-state index in [1.165, 1.54) is 16.8 Å². The summed E-state index contributed by atoms with van der Waals surface area (Å²) in [7, 11) is 0. The van der Waals surface area contributed by atoms with E-state index in [2.05, 4.69) is 25.4 Å². The summed E-state index contributed by atoms with van der Waals surface area (Å²) >= 11 is 0. The number of alkyl halides is 1. The molecule has 1 aliphatic heterocycles. The highest BCUT2D eigenvalue weighted by Gasteiger charge is 2.40. The van der Waals surface area contributed by atoms with E-state index in [1.54, 1.807) is 48.5 Å². The number of primary amides is 1. The largest absolute Gasteiger partial charge is 0.364 e. The minimum atomic E-state index is -1.45. The van der Waals surface area contributed by atoms with E-state index in [1.807, 2.05) is 0 Å². The first kappa shape index (κ1) is 25.1.